The van der Waals surface area contributed by atoms with Crippen molar-refractivity contribution in [2.24, 2.45) is 0 Å². The van der Waals surface area contributed by atoms with Gasteiger partial charge in [0.05, 0.1) is 11.0 Å². The van der Waals surface area contributed by atoms with Gasteiger partial charge in [0.2, 0.25) is 0 Å². The van der Waals surface area contributed by atoms with Gasteiger partial charge >= 0.3 is 5.69 Å². The van der Waals surface area contributed by atoms with E-state index in [9.17, 15) is 15.2 Å². The first-order chi connectivity index (χ1) is 8.51. The van der Waals surface area contributed by atoms with Crippen LogP contribution in [0.3, 0.4) is 0 Å². The maximum atomic E-state index is 11.1. The first-order valence-electron chi connectivity index (χ1n) is 6.22. The molecule has 6 heteroatoms. The molecule has 1 aromatic rings. The number of rotatable bonds is 7. The Morgan fingerprint density at radius 3 is 2.39 bits per heavy atom. The third-order valence-corrected chi connectivity index (χ3v) is 3.95. The molecule has 0 saturated carbocycles. The molecule has 0 fully saturated rings. The van der Waals surface area contributed by atoms with Crippen LogP contribution in [0, 0.1) is 10.1 Å². The summed E-state index contributed by atoms with van der Waals surface area (Å²) in [6.45, 7) is 7.33. The highest BCUT2D eigenvalue weighted by Crippen LogP contribution is 2.40. The van der Waals surface area contributed by atoms with Crippen molar-refractivity contribution < 1.29 is 10.0 Å². The average molecular weight is 272 g/mol. The minimum absolute atomic E-state index is 0.109. The molecular formula is C12H20N2O3S. The fraction of sp³-hybridized carbons (Fsp3) is 0.667. The van der Waals surface area contributed by atoms with Crippen LogP contribution in [0.15, 0.2) is 6.07 Å². The van der Waals surface area contributed by atoms with Crippen LogP contribution >= 0.6 is 11.3 Å². The minimum Gasteiger partial charge on any atom is -0.388 e. The minimum atomic E-state index is -0.660. The van der Waals surface area contributed by atoms with Gasteiger partial charge in [-0.1, -0.05) is 13.8 Å². The summed E-state index contributed by atoms with van der Waals surface area (Å²) < 4.78 is 0. The van der Waals surface area contributed by atoms with Crippen LogP contribution in [-0.2, 0) is 0 Å². The molecule has 0 bridgehead atoms. The van der Waals surface area contributed by atoms with Gasteiger partial charge in [-0.25, -0.2) is 0 Å². The molecule has 5 nitrogen and oxygen atoms in total. The fourth-order valence-corrected chi connectivity index (χ4v) is 2.92. The molecule has 1 atom stereocenters. The molecule has 1 heterocycles. The normalized spacial score (nSPS) is 12.4. The van der Waals surface area contributed by atoms with E-state index in [4.69, 9.17) is 0 Å². The maximum absolute atomic E-state index is 11.1. The first kappa shape index (κ1) is 14.9. The molecule has 0 saturated heterocycles. The molecule has 0 aliphatic rings. The van der Waals surface area contributed by atoms with Crippen LogP contribution in [0.5, 0.6) is 0 Å². The molecule has 0 spiro atoms. The van der Waals surface area contributed by atoms with E-state index in [1.54, 1.807) is 6.92 Å². The van der Waals surface area contributed by atoms with Gasteiger partial charge in [0.25, 0.3) is 0 Å². The molecule has 102 valence electrons. The largest absolute Gasteiger partial charge is 0.388 e. The van der Waals surface area contributed by atoms with Crippen LogP contribution in [0.25, 0.3) is 0 Å². The van der Waals surface area contributed by atoms with E-state index >= 15 is 0 Å². The number of hydrogen-bond acceptors (Lipinski definition) is 5. The van der Waals surface area contributed by atoms with E-state index in [1.165, 1.54) is 17.4 Å². The van der Waals surface area contributed by atoms with Crippen molar-refractivity contribution >= 4 is 22.0 Å². The number of aliphatic hydroxyl groups is 1. The highest BCUT2D eigenvalue weighted by Gasteiger charge is 2.24. The molecule has 0 aliphatic heterocycles. The van der Waals surface area contributed by atoms with Crippen molar-refractivity contribution in [2.45, 2.75) is 39.7 Å². The summed E-state index contributed by atoms with van der Waals surface area (Å²) in [4.78, 5) is 13.4. The number of nitro groups is 1. The van der Waals surface area contributed by atoms with E-state index < -0.39 is 6.10 Å². The van der Waals surface area contributed by atoms with Crippen LogP contribution in [0.1, 0.15) is 44.6 Å². The average Bonchev–Trinajstić information content (AvgIpc) is 2.73. The molecule has 0 aliphatic carbocycles. The summed E-state index contributed by atoms with van der Waals surface area (Å²) in [5.41, 5.74) is 0.109. The summed E-state index contributed by atoms with van der Waals surface area (Å²) in [6.07, 6.45) is 1.23. The maximum Gasteiger partial charge on any atom is 0.304 e. The van der Waals surface area contributed by atoms with Crippen LogP contribution < -0.4 is 4.90 Å². The van der Waals surface area contributed by atoms with Gasteiger partial charge in [-0.3, -0.25) is 10.1 Å². The Morgan fingerprint density at radius 2 is 2.00 bits per heavy atom. The Bertz CT molecular complexity index is 398. The predicted octanol–water partition coefficient (Wildman–Crippen LogP) is 3.34. The van der Waals surface area contributed by atoms with E-state index in [-0.39, 0.29) is 10.6 Å². The number of hydrogen-bond donors (Lipinski definition) is 1. The Hall–Kier alpha value is -1.14. The lowest BCUT2D eigenvalue weighted by molar-refractivity contribution is -0.383. The van der Waals surface area contributed by atoms with E-state index in [0.29, 0.717) is 9.88 Å². The topological polar surface area (TPSA) is 66.6 Å². The molecule has 0 aromatic carbocycles. The highest BCUT2D eigenvalue weighted by molar-refractivity contribution is 7.16. The quantitative estimate of drug-likeness (QED) is 0.610. The second kappa shape index (κ2) is 6.70. The monoisotopic (exact) mass is 272 g/mol. The third-order valence-electron chi connectivity index (χ3n) is 2.60. The number of aliphatic hydroxyl groups excluding tert-OH is 1. The molecule has 1 N–H and O–H groups in total. The summed E-state index contributed by atoms with van der Waals surface area (Å²) in [5, 5.41) is 21.3. The Balaban J connectivity index is 3.13. The zero-order valence-electron chi connectivity index (χ0n) is 11.0. The number of thiophene rings is 1. The van der Waals surface area contributed by atoms with Crippen LogP contribution in [0.4, 0.5) is 10.7 Å². The SMILES string of the molecule is CCCN(CCC)c1sc([C@H](C)O)cc1[N+](=O)[O-]. The number of anilines is 1. The summed E-state index contributed by atoms with van der Waals surface area (Å²) in [6, 6.07) is 1.49. The predicted molar refractivity (Wildman–Crippen MR) is 74.4 cm³/mol. The molecule has 0 unspecified atom stereocenters. The lowest BCUT2D eigenvalue weighted by atomic mass is 10.3. The van der Waals surface area contributed by atoms with Gasteiger partial charge in [-0.2, -0.15) is 0 Å². The smallest absolute Gasteiger partial charge is 0.304 e. The van der Waals surface area contributed by atoms with Gasteiger partial charge in [0.15, 0.2) is 5.00 Å². The lowest BCUT2D eigenvalue weighted by Crippen LogP contribution is -2.24. The standard InChI is InChI=1S/C12H20N2O3S/c1-4-6-13(7-5-2)12-10(14(16)17)8-11(18-12)9(3)15/h8-9,15H,4-7H2,1-3H3/t9-/m0/s1. The van der Waals surface area contributed by atoms with Crippen molar-refractivity contribution in [3.05, 3.63) is 21.1 Å². The van der Waals surface area contributed by atoms with Gasteiger partial charge in [-0.05, 0) is 19.8 Å². The molecule has 0 radical (unpaired) electrons. The zero-order chi connectivity index (χ0) is 13.7. The third kappa shape index (κ3) is 3.43. The van der Waals surface area contributed by atoms with E-state index in [2.05, 4.69) is 13.8 Å². The van der Waals surface area contributed by atoms with Crippen LogP contribution in [0.2, 0.25) is 0 Å². The summed E-state index contributed by atoms with van der Waals surface area (Å²) in [7, 11) is 0. The Morgan fingerprint density at radius 1 is 1.44 bits per heavy atom. The van der Waals surface area contributed by atoms with Crippen molar-refractivity contribution in [1.82, 2.24) is 0 Å². The Labute approximate surface area is 111 Å². The van der Waals surface area contributed by atoms with E-state index in [1.807, 2.05) is 4.90 Å². The lowest BCUT2D eigenvalue weighted by Gasteiger charge is -2.21. The fourth-order valence-electron chi connectivity index (χ4n) is 1.81. The number of nitrogens with zero attached hydrogens (tertiary/aromatic N) is 2. The molecule has 1 aromatic heterocycles. The van der Waals surface area contributed by atoms with Gasteiger partial charge < -0.3 is 10.0 Å². The Kier molecular flexibility index (Phi) is 5.55. The molecule has 1 rings (SSSR count). The second-order valence-corrected chi connectivity index (χ2v) is 5.32. The van der Waals surface area contributed by atoms with E-state index in [0.717, 1.165) is 25.9 Å². The van der Waals surface area contributed by atoms with Gasteiger partial charge in [-0.15, -0.1) is 11.3 Å². The van der Waals surface area contributed by atoms with Crippen molar-refractivity contribution in [3.8, 4) is 0 Å². The molecule has 18 heavy (non-hydrogen) atoms. The first-order valence-corrected chi connectivity index (χ1v) is 7.04. The zero-order valence-corrected chi connectivity index (χ0v) is 11.9. The van der Waals surface area contributed by atoms with Crippen molar-refractivity contribution in [2.75, 3.05) is 18.0 Å². The summed E-state index contributed by atoms with van der Waals surface area (Å²) in [5.74, 6) is 0. The molecular weight excluding hydrogens is 252 g/mol. The molecule has 0 amide bonds. The summed E-state index contributed by atoms with van der Waals surface area (Å²) >= 11 is 1.32. The van der Waals surface area contributed by atoms with Crippen molar-refractivity contribution in [3.63, 3.8) is 0 Å². The second-order valence-electron chi connectivity index (χ2n) is 4.26. The van der Waals surface area contributed by atoms with Gasteiger partial charge in [0.1, 0.15) is 0 Å². The van der Waals surface area contributed by atoms with Crippen molar-refractivity contribution in [1.29, 1.82) is 0 Å². The van der Waals surface area contributed by atoms with Gasteiger partial charge in [0, 0.05) is 24.0 Å². The van der Waals surface area contributed by atoms with Crippen LogP contribution in [-0.4, -0.2) is 23.1 Å². The highest BCUT2D eigenvalue weighted by atomic mass is 32.1.